The van der Waals surface area contributed by atoms with Crippen molar-refractivity contribution in [2.45, 2.75) is 46.1 Å². The van der Waals surface area contributed by atoms with E-state index in [-0.39, 0.29) is 0 Å². The Kier molecular flexibility index (Phi) is 7.81. The van der Waals surface area contributed by atoms with Crippen molar-refractivity contribution >= 4 is 23.0 Å². The monoisotopic (exact) mass is 358 g/mol. The molecule has 0 spiro atoms. The molecule has 0 fully saturated rings. The summed E-state index contributed by atoms with van der Waals surface area (Å²) in [5, 5.41) is 8.58. The van der Waals surface area contributed by atoms with E-state index in [2.05, 4.69) is 36.4 Å². The summed E-state index contributed by atoms with van der Waals surface area (Å²) in [7, 11) is 2.13. The highest BCUT2D eigenvalue weighted by Crippen LogP contribution is 2.20. The molecule has 0 atom stereocenters. The zero-order chi connectivity index (χ0) is 18.9. The Bertz CT molecular complexity index is 752. The van der Waals surface area contributed by atoms with Crippen LogP contribution in [0.4, 0.5) is 0 Å². The largest absolute Gasteiger partial charge is 0.327 e. The van der Waals surface area contributed by atoms with Crippen LogP contribution in [0.25, 0.3) is 17.1 Å². The van der Waals surface area contributed by atoms with Gasteiger partial charge in [0.25, 0.3) is 5.91 Å². The van der Waals surface area contributed by atoms with Crippen molar-refractivity contribution in [2.24, 2.45) is 0 Å². The molecule has 1 aromatic carbocycles. The van der Waals surface area contributed by atoms with E-state index in [0.717, 1.165) is 54.9 Å². The summed E-state index contributed by atoms with van der Waals surface area (Å²) < 4.78 is 2.32. The maximum absolute atomic E-state index is 11.2. The lowest BCUT2D eigenvalue weighted by atomic mass is 10.2. The minimum atomic E-state index is -0.543. The minimum absolute atomic E-state index is 0.543. The molecule has 0 aliphatic heterocycles. The van der Waals surface area contributed by atoms with Crippen LogP contribution < -0.4 is 5.48 Å². The lowest BCUT2D eigenvalue weighted by molar-refractivity contribution is -0.124. The standard InChI is InChI=1S/C20H30N4O2/c1-4-6-7-8-19-21-17-15-16(10-12-20(25)22-26)9-11-18(17)24(19)14-13-23(3)5-2/h9-12,15,26H,4-8,13-14H2,1-3H3,(H,22,25)/b12-10+. The number of hydrogen-bond donors (Lipinski definition) is 2. The van der Waals surface area contributed by atoms with Crippen LogP contribution in [0.2, 0.25) is 0 Å². The quantitative estimate of drug-likeness (QED) is 0.296. The van der Waals surface area contributed by atoms with Crippen LogP contribution in [0.5, 0.6) is 0 Å². The number of rotatable bonds is 10. The average Bonchev–Trinajstić information content (AvgIpc) is 3.00. The van der Waals surface area contributed by atoms with Crippen LogP contribution >= 0.6 is 0 Å². The lowest BCUT2D eigenvalue weighted by Crippen LogP contribution is -2.23. The maximum Gasteiger partial charge on any atom is 0.267 e. The number of hydrogen-bond acceptors (Lipinski definition) is 4. The third-order valence-corrected chi connectivity index (χ3v) is 4.64. The van der Waals surface area contributed by atoms with Gasteiger partial charge in [0, 0.05) is 25.6 Å². The molecule has 26 heavy (non-hydrogen) atoms. The average molecular weight is 358 g/mol. The van der Waals surface area contributed by atoms with Gasteiger partial charge < -0.3 is 9.47 Å². The number of unbranched alkanes of at least 4 members (excludes halogenated alkanes) is 2. The van der Waals surface area contributed by atoms with E-state index in [9.17, 15) is 4.79 Å². The number of benzene rings is 1. The molecule has 0 bridgehead atoms. The fourth-order valence-corrected chi connectivity index (χ4v) is 2.91. The molecular weight excluding hydrogens is 328 g/mol. The zero-order valence-corrected chi connectivity index (χ0v) is 16.0. The Balaban J connectivity index is 2.30. The third kappa shape index (κ3) is 5.41. The molecule has 2 N–H and O–H groups in total. The van der Waals surface area contributed by atoms with Crippen molar-refractivity contribution in [3.8, 4) is 0 Å². The molecule has 0 radical (unpaired) electrons. The number of carbonyl (C=O) groups excluding carboxylic acids is 1. The topological polar surface area (TPSA) is 70.4 Å². The minimum Gasteiger partial charge on any atom is -0.327 e. The predicted octanol–water partition coefficient (Wildman–Crippen LogP) is 3.24. The van der Waals surface area contributed by atoms with E-state index in [4.69, 9.17) is 10.2 Å². The summed E-state index contributed by atoms with van der Waals surface area (Å²) in [6.45, 7) is 7.31. The molecule has 0 saturated heterocycles. The summed E-state index contributed by atoms with van der Waals surface area (Å²) in [5.41, 5.74) is 4.56. The van der Waals surface area contributed by atoms with Gasteiger partial charge in [-0.05, 0) is 43.8 Å². The molecule has 2 aromatic rings. The van der Waals surface area contributed by atoms with Crippen molar-refractivity contribution in [3.05, 3.63) is 35.7 Å². The molecule has 1 amide bonds. The highest BCUT2D eigenvalue weighted by Gasteiger charge is 2.11. The van der Waals surface area contributed by atoms with Crippen LogP contribution in [-0.2, 0) is 17.8 Å². The Morgan fingerprint density at radius 3 is 2.85 bits per heavy atom. The van der Waals surface area contributed by atoms with Gasteiger partial charge in [-0.15, -0.1) is 0 Å². The molecule has 2 rings (SSSR count). The van der Waals surface area contributed by atoms with Crippen LogP contribution in [0.1, 0.15) is 44.5 Å². The van der Waals surface area contributed by atoms with Gasteiger partial charge in [-0.25, -0.2) is 10.5 Å². The van der Waals surface area contributed by atoms with Gasteiger partial charge in [-0.2, -0.15) is 0 Å². The number of likely N-dealkylation sites (N-methyl/N-ethyl adjacent to an activating group) is 1. The van der Waals surface area contributed by atoms with Crippen LogP contribution in [0.3, 0.4) is 0 Å². The Morgan fingerprint density at radius 1 is 1.35 bits per heavy atom. The van der Waals surface area contributed by atoms with E-state index >= 15 is 0 Å². The molecule has 0 unspecified atom stereocenters. The second-order valence-corrected chi connectivity index (χ2v) is 6.59. The second-order valence-electron chi connectivity index (χ2n) is 6.59. The molecule has 6 heteroatoms. The second kappa shape index (κ2) is 10.1. The molecular formula is C20H30N4O2. The number of imidazole rings is 1. The van der Waals surface area contributed by atoms with Gasteiger partial charge >= 0.3 is 0 Å². The number of fused-ring (bicyclic) bond motifs is 1. The predicted molar refractivity (Wildman–Crippen MR) is 105 cm³/mol. The summed E-state index contributed by atoms with van der Waals surface area (Å²) in [6.07, 6.45) is 7.51. The summed E-state index contributed by atoms with van der Waals surface area (Å²) in [6, 6.07) is 6.02. The molecule has 6 nitrogen and oxygen atoms in total. The number of nitrogens with one attached hydrogen (secondary N) is 1. The van der Waals surface area contributed by atoms with E-state index in [1.165, 1.54) is 18.9 Å². The Labute approximate surface area is 155 Å². The Morgan fingerprint density at radius 2 is 2.15 bits per heavy atom. The van der Waals surface area contributed by atoms with Crippen molar-refractivity contribution in [2.75, 3.05) is 20.1 Å². The SMILES string of the molecule is CCCCCc1nc2cc(/C=C/C(=O)NO)ccc2n1CCN(C)CC. The van der Waals surface area contributed by atoms with Gasteiger partial charge in [-0.1, -0.05) is 32.8 Å². The Hall–Kier alpha value is -2.18. The van der Waals surface area contributed by atoms with Crippen molar-refractivity contribution < 1.29 is 10.0 Å². The first-order chi connectivity index (χ1) is 12.6. The van der Waals surface area contributed by atoms with E-state index < -0.39 is 5.91 Å². The number of amides is 1. The van der Waals surface area contributed by atoms with Crippen LogP contribution in [-0.4, -0.2) is 45.7 Å². The summed E-state index contributed by atoms with van der Waals surface area (Å²) in [4.78, 5) is 18.3. The molecule has 0 saturated carbocycles. The fourth-order valence-electron chi connectivity index (χ4n) is 2.91. The van der Waals surface area contributed by atoms with Crippen LogP contribution in [0.15, 0.2) is 24.3 Å². The molecule has 1 heterocycles. The fraction of sp³-hybridized carbons (Fsp3) is 0.500. The zero-order valence-electron chi connectivity index (χ0n) is 16.0. The van der Waals surface area contributed by atoms with Gasteiger partial charge in [0.15, 0.2) is 0 Å². The van der Waals surface area contributed by atoms with E-state index in [1.54, 1.807) is 11.6 Å². The normalized spacial score (nSPS) is 11.7. The van der Waals surface area contributed by atoms with E-state index in [0.29, 0.717) is 0 Å². The number of nitrogens with zero attached hydrogens (tertiary/aromatic N) is 3. The smallest absolute Gasteiger partial charge is 0.267 e. The molecule has 0 aliphatic carbocycles. The number of carbonyl (C=O) groups is 1. The maximum atomic E-state index is 11.2. The lowest BCUT2D eigenvalue weighted by Gasteiger charge is -2.16. The van der Waals surface area contributed by atoms with Gasteiger partial charge in [0.05, 0.1) is 11.0 Å². The van der Waals surface area contributed by atoms with Crippen LogP contribution in [0, 0.1) is 0 Å². The summed E-state index contributed by atoms with van der Waals surface area (Å²) in [5.74, 6) is 0.589. The first-order valence-electron chi connectivity index (χ1n) is 9.38. The van der Waals surface area contributed by atoms with Crippen molar-refractivity contribution in [1.82, 2.24) is 19.9 Å². The van der Waals surface area contributed by atoms with Gasteiger partial charge in [0.1, 0.15) is 5.82 Å². The van der Waals surface area contributed by atoms with Crippen molar-refractivity contribution in [3.63, 3.8) is 0 Å². The van der Waals surface area contributed by atoms with E-state index in [1.807, 2.05) is 12.1 Å². The highest BCUT2D eigenvalue weighted by atomic mass is 16.5. The first-order valence-corrected chi connectivity index (χ1v) is 9.38. The molecule has 142 valence electrons. The molecule has 0 aliphatic rings. The summed E-state index contributed by atoms with van der Waals surface area (Å²) >= 11 is 0. The van der Waals surface area contributed by atoms with Gasteiger partial charge in [0.2, 0.25) is 0 Å². The number of hydroxylamine groups is 1. The van der Waals surface area contributed by atoms with Crippen molar-refractivity contribution in [1.29, 1.82) is 0 Å². The first kappa shape index (κ1) is 20.1. The van der Waals surface area contributed by atoms with Gasteiger partial charge in [-0.3, -0.25) is 10.0 Å². The number of aryl methyl sites for hydroxylation is 1. The highest BCUT2D eigenvalue weighted by molar-refractivity contribution is 5.91. The number of aromatic nitrogens is 2. The molecule has 1 aromatic heterocycles. The third-order valence-electron chi connectivity index (χ3n) is 4.64.